The molecule has 0 bridgehead atoms. The van der Waals surface area contributed by atoms with Gasteiger partial charge in [0.15, 0.2) is 0 Å². The molecule has 0 aliphatic rings. The summed E-state index contributed by atoms with van der Waals surface area (Å²) in [6.45, 7) is 0. The molecule has 0 aliphatic heterocycles. The first-order chi connectivity index (χ1) is 9.15. The van der Waals surface area contributed by atoms with Crippen molar-refractivity contribution in [2.75, 3.05) is 0 Å². The van der Waals surface area contributed by atoms with Crippen LogP contribution < -0.4 is 5.56 Å². The van der Waals surface area contributed by atoms with Crippen LogP contribution in [-0.2, 0) is 0 Å². The number of hydrogen-bond acceptors (Lipinski definition) is 4. The minimum absolute atomic E-state index is 0.0711. The lowest BCUT2D eigenvalue weighted by molar-refractivity contribution is 0.475. The Balaban J connectivity index is 2.26. The maximum Gasteiger partial charge on any atom is 0.265 e. The molecule has 0 atom stereocenters. The van der Waals surface area contributed by atoms with Gasteiger partial charge in [-0.15, -0.1) is 0 Å². The monoisotopic (exact) mass is 254 g/mol. The Bertz CT molecular complexity index is 807. The molecule has 0 aliphatic carbocycles. The summed E-state index contributed by atoms with van der Waals surface area (Å²) in [7, 11) is 0. The van der Waals surface area contributed by atoms with Crippen LogP contribution in [0.25, 0.3) is 16.6 Å². The van der Waals surface area contributed by atoms with Gasteiger partial charge < -0.3 is 10.2 Å². The molecule has 0 spiro atoms. The van der Waals surface area contributed by atoms with Gasteiger partial charge in [0.2, 0.25) is 0 Å². The fourth-order valence-corrected chi connectivity index (χ4v) is 1.91. The van der Waals surface area contributed by atoms with Crippen molar-refractivity contribution in [1.82, 2.24) is 9.55 Å². The van der Waals surface area contributed by atoms with Crippen LogP contribution in [0.5, 0.6) is 11.5 Å². The molecule has 19 heavy (non-hydrogen) atoms. The summed E-state index contributed by atoms with van der Waals surface area (Å²) in [6, 6.07) is 10.7. The third-order valence-corrected chi connectivity index (χ3v) is 2.87. The highest BCUT2D eigenvalue weighted by Crippen LogP contribution is 2.16. The number of nitrogens with zero attached hydrogens (tertiary/aromatic N) is 2. The van der Waals surface area contributed by atoms with Crippen LogP contribution in [0, 0.1) is 0 Å². The summed E-state index contributed by atoms with van der Waals surface area (Å²) in [6.07, 6.45) is 1.40. The van der Waals surface area contributed by atoms with Crippen LogP contribution in [0.4, 0.5) is 0 Å². The minimum atomic E-state index is -0.226. The number of phenols is 2. The molecule has 0 unspecified atom stereocenters. The standard InChI is InChI=1S/C14H10N2O3/c17-10-3-1-9(2-4-10)16-8-15-13-7-11(18)5-6-12(13)14(16)19/h1-8,17-18H. The topological polar surface area (TPSA) is 75.3 Å². The van der Waals surface area contributed by atoms with E-state index in [9.17, 15) is 15.0 Å². The van der Waals surface area contributed by atoms with E-state index in [1.807, 2.05) is 0 Å². The quantitative estimate of drug-likeness (QED) is 0.694. The molecule has 5 heteroatoms. The molecule has 94 valence electrons. The highest BCUT2D eigenvalue weighted by atomic mass is 16.3. The van der Waals surface area contributed by atoms with E-state index in [0.29, 0.717) is 16.6 Å². The Morgan fingerprint density at radius 1 is 0.947 bits per heavy atom. The van der Waals surface area contributed by atoms with Crippen molar-refractivity contribution in [2.45, 2.75) is 0 Å². The first-order valence-electron chi connectivity index (χ1n) is 5.65. The zero-order valence-electron chi connectivity index (χ0n) is 9.82. The number of aromatic nitrogens is 2. The van der Waals surface area contributed by atoms with E-state index in [0.717, 1.165) is 0 Å². The lowest BCUT2D eigenvalue weighted by Crippen LogP contribution is -2.18. The number of rotatable bonds is 1. The highest BCUT2D eigenvalue weighted by molar-refractivity contribution is 5.79. The second-order valence-electron chi connectivity index (χ2n) is 4.14. The maximum atomic E-state index is 12.3. The molecule has 0 saturated heterocycles. The molecular weight excluding hydrogens is 244 g/mol. The van der Waals surface area contributed by atoms with Gasteiger partial charge in [0, 0.05) is 6.07 Å². The van der Waals surface area contributed by atoms with Gasteiger partial charge in [0.05, 0.1) is 16.6 Å². The molecule has 3 aromatic rings. The largest absolute Gasteiger partial charge is 0.508 e. The zero-order chi connectivity index (χ0) is 13.4. The smallest absolute Gasteiger partial charge is 0.265 e. The molecule has 5 nitrogen and oxygen atoms in total. The summed E-state index contributed by atoms with van der Waals surface area (Å²) >= 11 is 0. The lowest BCUT2D eigenvalue weighted by Gasteiger charge is -2.06. The van der Waals surface area contributed by atoms with Gasteiger partial charge in [-0.25, -0.2) is 4.98 Å². The summed E-state index contributed by atoms with van der Waals surface area (Å²) < 4.78 is 1.39. The third kappa shape index (κ3) is 1.91. The van der Waals surface area contributed by atoms with E-state index in [1.165, 1.54) is 41.2 Å². The molecule has 0 amide bonds. The van der Waals surface area contributed by atoms with Crippen LogP contribution in [0.15, 0.2) is 53.6 Å². The Morgan fingerprint density at radius 2 is 1.63 bits per heavy atom. The predicted octanol–water partition coefficient (Wildman–Crippen LogP) is 1.80. The normalized spacial score (nSPS) is 10.7. The first kappa shape index (κ1) is 11.3. The van der Waals surface area contributed by atoms with Crippen molar-refractivity contribution in [3.63, 3.8) is 0 Å². The van der Waals surface area contributed by atoms with Crippen molar-refractivity contribution >= 4 is 10.9 Å². The van der Waals surface area contributed by atoms with Crippen LogP contribution in [-0.4, -0.2) is 19.8 Å². The molecule has 2 N–H and O–H groups in total. The second kappa shape index (κ2) is 4.13. The van der Waals surface area contributed by atoms with Crippen LogP contribution in [0.2, 0.25) is 0 Å². The van der Waals surface area contributed by atoms with Gasteiger partial charge in [-0.2, -0.15) is 0 Å². The van der Waals surface area contributed by atoms with Crippen molar-refractivity contribution in [2.24, 2.45) is 0 Å². The predicted molar refractivity (Wildman–Crippen MR) is 70.7 cm³/mol. The minimum Gasteiger partial charge on any atom is -0.508 e. The van der Waals surface area contributed by atoms with Crippen molar-refractivity contribution < 1.29 is 10.2 Å². The van der Waals surface area contributed by atoms with Crippen LogP contribution in [0.1, 0.15) is 0 Å². The molecule has 0 saturated carbocycles. The summed E-state index contributed by atoms with van der Waals surface area (Å²) in [5.41, 5.74) is 0.834. The lowest BCUT2D eigenvalue weighted by atomic mass is 10.2. The highest BCUT2D eigenvalue weighted by Gasteiger charge is 2.06. The Kier molecular flexibility index (Phi) is 2.45. The average molecular weight is 254 g/mol. The van der Waals surface area contributed by atoms with Crippen LogP contribution >= 0.6 is 0 Å². The summed E-state index contributed by atoms with van der Waals surface area (Å²) in [4.78, 5) is 16.4. The molecular formula is C14H10N2O3. The summed E-state index contributed by atoms with van der Waals surface area (Å²) in [5, 5.41) is 19.0. The molecule has 0 radical (unpaired) electrons. The van der Waals surface area contributed by atoms with Crippen molar-refractivity contribution in [3.05, 3.63) is 59.1 Å². The van der Waals surface area contributed by atoms with Gasteiger partial charge >= 0.3 is 0 Å². The SMILES string of the molecule is O=c1c2ccc(O)cc2ncn1-c1ccc(O)cc1. The number of aromatic hydroxyl groups is 2. The van der Waals surface area contributed by atoms with Gasteiger partial charge in [-0.3, -0.25) is 9.36 Å². The average Bonchev–Trinajstić information content (AvgIpc) is 2.40. The molecule has 1 aromatic heterocycles. The Hall–Kier alpha value is -2.82. The van der Waals surface area contributed by atoms with Gasteiger partial charge in [-0.05, 0) is 36.4 Å². The Labute approximate surface area is 108 Å². The molecule has 1 heterocycles. The fourth-order valence-electron chi connectivity index (χ4n) is 1.91. The van der Waals surface area contributed by atoms with E-state index in [4.69, 9.17) is 0 Å². The fraction of sp³-hybridized carbons (Fsp3) is 0. The van der Waals surface area contributed by atoms with E-state index in [2.05, 4.69) is 4.98 Å². The van der Waals surface area contributed by atoms with E-state index < -0.39 is 0 Å². The first-order valence-corrected chi connectivity index (χ1v) is 5.65. The van der Waals surface area contributed by atoms with E-state index in [1.54, 1.807) is 12.1 Å². The maximum absolute atomic E-state index is 12.3. The third-order valence-electron chi connectivity index (χ3n) is 2.87. The number of phenolic OH excluding ortho intramolecular Hbond substituents is 2. The van der Waals surface area contributed by atoms with Crippen molar-refractivity contribution in [1.29, 1.82) is 0 Å². The van der Waals surface area contributed by atoms with E-state index >= 15 is 0 Å². The Morgan fingerprint density at radius 3 is 2.37 bits per heavy atom. The van der Waals surface area contributed by atoms with Crippen LogP contribution in [0.3, 0.4) is 0 Å². The van der Waals surface area contributed by atoms with Crippen molar-refractivity contribution in [3.8, 4) is 17.2 Å². The van der Waals surface area contributed by atoms with Gasteiger partial charge in [-0.1, -0.05) is 0 Å². The zero-order valence-corrected chi connectivity index (χ0v) is 9.82. The summed E-state index contributed by atoms with van der Waals surface area (Å²) in [5.74, 6) is 0.206. The molecule has 2 aromatic carbocycles. The molecule has 3 rings (SSSR count). The molecule has 0 fully saturated rings. The number of benzene rings is 2. The van der Waals surface area contributed by atoms with Gasteiger partial charge in [0.25, 0.3) is 5.56 Å². The number of fused-ring (bicyclic) bond motifs is 1. The van der Waals surface area contributed by atoms with E-state index in [-0.39, 0.29) is 17.1 Å². The number of hydrogen-bond donors (Lipinski definition) is 2. The van der Waals surface area contributed by atoms with Gasteiger partial charge in [0.1, 0.15) is 17.8 Å². The second-order valence-corrected chi connectivity index (χ2v) is 4.14.